The normalized spacial score (nSPS) is 12.5. The van der Waals surface area contributed by atoms with Gasteiger partial charge in [0.25, 0.3) is 0 Å². The van der Waals surface area contributed by atoms with Crippen LogP contribution in [0.2, 0.25) is 0 Å². The van der Waals surface area contributed by atoms with Crippen molar-refractivity contribution in [2.24, 2.45) is 0 Å². The zero-order chi connectivity index (χ0) is 11.5. The molecule has 0 rings (SSSR count). The van der Waals surface area contributed by atoms with Crippen LogP contribution in [0.3, 0.4) is 0 Å². The van der Waals surface area contributed by atoms with Gasteiger partial charge in [-0.1, -0.05) is 0 Å². The van der Waals surface area contributed by atoms with Crippen molar-refractivity contribution in [3.05, 3.63) is 0 Å². The standard InChI is InChI=1S/C10H22N2O3/c1-9(4-6-14-2)12-8-10(13)11-5-7-15-3/h9,12H,4-8H2,1-3H3,(H,11,13). The van der Waals surface area contributed by atoms with Crippen LogP contribution in [0.5, 0.6) is 0 Å². The summed E-state index contributed by atoms with van der Waals surface area (Å²) in [6, 6.07) is 0.290. The molecule has 0 heterocycles. The largest absolute Gasteiger partial charge is 0.385 e. The minimum absolute atomic E-state index is 0.00341. The smallest absolute Gasteiger partial charge is 0.234 e. The van der Waals surface area contributed by atoms with Gasteiger partial charge in [-0.2, -0.15) is 0 Å². The predicted octanol–water partition coefficient (Wildman–Crippen LogP) is -0.236. The summed E-state index contributed by atoms with van der Waals surface area (Å²) < 4.78 is 9.76. The quantitative estimate of drug-likeness (QED) is 0.525. The third-order valence-corrected chi connectivity index (χ3v) is 1.99. The summed E-state index contributed by atoms with van der Waals surface area (Å²) in [4.78, 5) is 11.2. The molecule has 90 valence electrons. The summed E-state index contributed by atoms with van der Waals surface area (Å²) in [7, 11) is 3.28. The lowest BCUT2D eigenvalue weighted by Gasteiger charge is -2.12. The van der Waals surface area contributed by atoms with Crippen molar-refractivity contribution in [3.8, 4) is 0 Å². The molecule has 1 amide bonds. The van der Waals surface area contributed by atoms with Crippen LogP contribution < -0.4 is 10.6 Å². The molecule has 0 fully saturated rings. The minimum atomic E-state index is -0.00341. The highest BCUT2D eigenvalue weighted by Gasteiger charge is 2.04. The fourth-order valence-corrected chi connectivity index (χ4v) is 1.02. The van der Waals surface area contributed by atoms with Crippen molar-refractivity contribution >= 4 is 5.91 Å². The predicted molar refractivity (Wildman–Crippen MR) is 58.8 cm³/mol. The molecular formula is C10H22N2O3. The van der Waals surface area contributed by atoms with Crippen LogP contribution in [0.25, 0.3) is 0 Å². The molecule has 0 saturated heterocycles. The van der Waals surface area contributed by atoms with Crippen molar-refractivity contribution in [1.82, 2.24) is 10.6 Å². The zero-order valence-electron chi connectivity index (χ0n) is 9.84. The number of methoxy groups -OCH3 is 2. The van der Waals surface area contributed by atoms with Gasteiger partial charge in [0.05, 0.1) is 13.2 Å². The molecule has 0 saturated carbocycles. The Bertz CT molecular complexity index is 165. The van der Waals surface area contributed by atoms with Crippen LogP contribution >= 0.6 is 0 Å². The lowest BCUT2D eigenvalue weighted by atomic mass is 10.2. The van der Waals surface area contributed by atoms with Crippen molar-refractivity contribution in [2.45, 2.75) is 19.4 Å². The lowest BCUT2D eigenvalue weighted by Crippen LogP contribution is -2.39. The molecule has 15 heavy (non-hydrogen) atoms. The number of amides is 1. The van der Waals surface area contributed by atoms with E-state index in [4.69, 9.17) is 9.47 Å². The lowest BCUT2D eigenvalue weighted by molar-refractivity contribution is -0.120. The van der Waals surface area contributed by atoms with Gasteiger partial charge < -0.3 is 20.1 Å². The minimum Gasteiger partial charge on any atom is -0.385 e. The molecule has 0 aromatic carbocycles. The topological polar surface area (TPSA) is 59.6 Å². The van der Waals surface area contributed by atoms with Crippen LogP contribution in [0.15, 0.2) is 0 Å². The zero-order valence-corrected chi connectivity index (χ0v) is 9.84. The second-order valence-electron chi connectivity index (χ2n) is 3.41. The maximum Gasteiger partial charge on any atom is 0.234 e. The third kappa shape index (κ3) is 9.65. The van der Waals surface area contributed by atoms with E-state index in [1.807, 2.05) is 6.92 Å². The van der Waals surface area contributed by atoms with E-state index < -0.39 is 0 Å². The summed E-state index contributed by atoms with van der Waals surface area (Å²) in [5, 5.41) is 5.85. The number of ether oxygens (including phenoxy) is 2. The highest BCUT2D eigenvalue weighted by atomic mass is 16.5. The average Bonchev–Trinajstić information content (AvgIpc) is 2.24. The number of rotatable bonds is 9. The monoisotopic (exact) mass is 218 g/mol. The summed E-state index contributed by atoms with van der Waals surface area (Å²) in [5.41, 5.74) is 0. The van der Waals surface area contributed by atoms with E-state index in [0.29, 0.717) is 26.3 Å². The first-order chi connectivity index (χ1) is 7.20. The molecule has 1 unspecified atom stereocenters. The number of nitrogens with one attached hydrogen (secondary N) is 2. The molecule has 0 bridgehead atoms. The number of hydrogen-bond donors (Lipinski definition) is 2. The molecule has 0 aromatic heterocycles. The molecule has 0 spiro atoms. The van der Waals surface area contributed by atoms with E-state index in [2.05, 4.69) is 10.6 Å². The Morgan fingerprint density at radius 1 is 1.27 bits per heavy atom. The molecule has 0 aliphatic carbocycles. The fourth-order valence-electron chi connectivity index (χ4n) is 1.02. The van der Waals surface area contributed by atoms with E-state index in [1.165, 1.54) is 0 Å². The molecule has 0 aromatic rings. The second-order valence-corrected chi connectivity index (χ2v) is 3.41. The Hall–Kier alpha value is -0.650. The van der Waals surface area contributed by atoms with Gasteiger partial charge in [-0.05, 0) is 13.3 Å². The van der Waals surface area contributed by atoms with Crippen molar-refractivity contribution in [2.75, 3.05) is 40.5 Å². The van der Waals surface area contributed by atoms with Crippen LogP contribution in [0, 0.1) is 0 Å². The molecule has 0 radical (unpaired) electrons. The van der Waals surface area contributed by atoms with Gasteiger partial charge in [0.15, 0.2) is 0 Å². The summed E-state index contributed by atoms with van der Waals surface area (Å²) in [5.74, 6) is -0.00341. The van der Waals surface area contributed by atoms with Gasteiger partial charge in [0.2, 0.25) is 5.91 Å². The molecule has 5 nitrogen and oxygen atoms in total. The van der Waals surface area contributed by atoms with E-state index in [9.17, 15) is 4.79 Å². The van der Waals surface area contributed by atoms with Gasteiger partial charge in [-0.25, -0.2) is 0 Å². The van der Waals surface area contributed by atoms with Crippen LogP contribution in [-0.2, 0) is 14.3 Å². The van der Waals surface area contributed by atoms with Crippen molar-refractivity contribution in [3.63, 3.8) is 0 Å². The summed E-state index contributed by atoms with van der Waals surface area (Å²) >= 11 is 0. The van der Waals surface area contributed by atoms with Crippen LogP contribution in [0.4, 0.5) is 0 Å². The van der Waals surface area contributed by atoms with Gasteiger partial charge in [0.1, 0.15) is 0 Å². The van der Waals surface area contributed by atoms with Gasteiger partial charge in [0, 0.05) is 33.4 Å². The van der Waals surface area contributed by atoms with Gasteiger partial charge in [-0.15, -0.1) is 0 Å². The third-order valence-electron chi connectivity index (χ3n) is 1.99. The van der Waals surface area contributed by atoms with Crippen LogP contribution in [0.1, 0.15) is 13.3 Å². The maximum absolute atomic E-state index is 11.2. The SMILES string of the molecule is COCCNC(=O)CNC(C)CCOC. The Labute approximate surface area is 91.5 Å². The average molecular weight is 218 g/mol. The Kier molecular flexibility index (Phi) is 9.46. The molecule has 5 heteroatoms. The highest BCUT2D eigenvalue weighted by molar-refractivity contribution is 5.77. The molecular weight excluding hydrogens is 196 g/mol. The number of carbonyl (C=O) groups is 1. The first kappa shape index (κ1) is 14.3. The van der Waals surface area contributed by atoms with Gasteiger partial charge >= 0.3 is 0 Å². The summed E-state index contributed by atoms with van der Waals surface area (Å²) in [6.45, 7) is 4.18. The van der Waals surface area contributed by atoms with E-state index in [0.717, 1.165) is 6.42 Å². The van der Waals surface area contributed by atoms with E-state index in [-0.39, 0.29) is 11.9 Å². The number of hydrogen-bond acceptors (Lipinski definition) is 4. The maximum atomic E-state index is 11.2. The molecule has 1 atom stereocenters. The highest BCUT2D eigenvalue weighted by Crippen LogP contribution is 1.89. The van der Waals surface area contributed by atoms with Crippen molar-refractivity contribution < 1.29 is 14.3 Å². The van der Waals surface area contributed by atoms with E-state index in [1.54, 1.807) is 14.2 Å². The Balaban J connectivity index is 3.36. The molecule has 2 N–H and O–H groups in total. The number of carbonyl (C=O) groups excluding carboxylic acids is 1. The first-order valence-electron chi connectivity index (χ1n) is 5.18. The first-order valence-corrected chi connectivity index (χ1v) is 5.18. The summed E-state index contributed by atoms with van der Waals surface area (Å²) in [6.07, 6.45) is 0.905. The van der Waals surface area contributed by atoms with Gasteiger partial charge in [-0.3, -0.25) is 4.79 Å². The second kappa shape index (κ2) is 9.89. The molecule has 0 aliphatic rings. The Morgan fingerprint density at radius 2 is 1.93 bits per heavy atom. The molecule has 0 aliphatic heterocycles. The fraction of sp³-hybridized carbons (Fsp3) is 0.900. The van der Waals surface area contributed by atoms with Crippen molar-refractivity contribution in [1.29, 1.82) is 0 Å². The Morgan fingerprint density at radius 3 is 2.53 bits per heavy atom. The van der Waals surface area contributed by atoms with Crippen LogP contribution in [-0.4, -0.2) is 52.5 Å². The van der Waals surface area contributed by atoms with E-state index >= 15 is 0 Å².